The van der Waals surface area contributed by atoms with Gasteiger partial charge in [0.1, 0.15) is 11.9 Å². The van der Waals surface area contributed by atoms with E-state index in [4.69, 9.17) is 5.11 Å². The van der Waals surface area contributed by atoms with Crippen LogP contribution in [-0.2, 0) is 4.79 Å². The molecule has 0 aliphatic heterocycles. The third-order valence-electron chi connectivity index (χ3n) is 2.25. The van der Waals surface area contributed by atoms with Crippen molar-refractivity contribution in [3.63, 3.8) is 0 Å². The summed E-state index contributed by atoms with van der Waals surface area (Å²) in [5.74, 6) is -2.28. The van der Waals surface area contributed by atoms with Crippen molar-refractivity contribution in [1.82, 2.24) is 0 Å². The number of carboxylic acid groups (broad SMARTS) is 1. The smallest absolute Gasteiger partial charge is 0.306 e. The number of aliphatic carboxylic acids is 1. The third kappa shape index (κ3) is 3.08. The lowest BCUT2D eigenvalue weighted by Gasteiger charge is -2.17. The minimum absolute atomic E-state index is 0.260. The maximum Gasteiger partial charge on any atom is 0.306 e. The van der Waals surface area contributed by atoms with Crippen molar-refractivity contribution in [2.24, 2.45) is 0 Å². The van der Waals surface area contributed by atoms with Crippen LogP contribution in [0.15, 0.2) is 18.2 Å². The summed E-state index contributed by atoms with van der Waals surface area (Å²) in [7, 11) is 0. The van der Waals surface area contributed by atoms with Crippen molar-refractivity contribution in [2.75, 3.05) is 0 Å². The number of aldehydes is 1. The second kappa shape index (κ2) is 5.51. The first-order valence-corrected chi connectivity index (χ1v) is 4.79. The fourth-order valence-corrected chi connectivity index (χ4v) is 1.39. The van der Waals surface area contributed by atoms with Gasteiger partial charge in [-0.15, -0.1) is 0 Å². The zero-order valence-corrected chi connectivity index (χ0v) is 8.71. The first-order valence-electron chi connectivity index (χ1n) is 4.79. The van der Waals surface area contributed by atoms with E-state index in [2.05, 4.69) is 0 Å². The van der Waals surface area contributed by atoms with Crippen LogP contribution in [0.4, 0.5) is 4.39 Å². The molecule has 0 saturated carbocycles. The Kier molecular flexibility index (Phi) is 4.30. The third-order valence-corrected chi connectivity index (χ3v) is 2.25. The van der Waals surface area contributed by atoms with E-state index in [0.717, 1.165) is 0 Å². The lowest BCUT2D eigenvalue weighted by Crippen LogP contribution is -2.22. The Morgan fingerprint density at radius 1 is 1.41 bits per heavy atom. The zero-order chi connectivity index (χ0) is 13.0. The van der Waals surface area contributed by atoms with Crippen LogP contribution in [-0.4, -0.2) is 33.7 Å². The lowest BCUT2D eigenvalue weighted by atomic mass is 9.99. The maximum absolute atomic E-state index is 13.6. The van der Waals surface area contributed by atoms with E-state index in [1.54, 1.807) is 0 Å². The molecule has 6 heteroatoms. The Balaban J connectivity index is 2.99. The number of rotatable bonds is 5. The SMILES string of the molecule is O=Cc1cccc(C(O)C(O)CC(=O)O)c1F. The van der Waals surface area contributed by atoms with Gasteiger partial charge in [0.05, 0.1) is 18.1 Å². The summed E-state index contributed by atoms with van der Waals surface area (Å²) < 4.78 is 13.6. The molecule has 0 aliphatic rings. The molecule has 2 atom stereocenters. The van der Waals surface area contributed by atoms with Crippen LogP contribution < -0.4 is 0 Å². The summed E-state index contributed by atoms with van der Waals surface area (Å²) in [5.41, 5.74) is -0.563. The van der Waals surface area contributed by atoms with E-state index in [1.165, 1.54) is 18.2 Å². The van der Waals surface area contributed by atoms with Crippen molar-refractivity contribution in [3.05, 3.63) is 35.1 Å². The van der Waals surface area contributed by atoms with Gasteiger partial charge in [0.25, 0.3) is 0 Å². The number of aliphatic hydroxyl groups is 2. The van der Waals surface area contributed by atoms with Crippen LogP contribution in [0.5, 0.6) is 0 Å². The summed E-state index contributed by atoms with van der Waals surface area (Å²) in [6, 6.07) is 3.72. The Morgan fingerprint density at radius 3 is 2.59 bits per heavy atom. The molecular weight excluding hydrogens is 231 g/mol. The largest absolute Gasteiger partial charge is 0.481 e. The summed E-state index contributed by atoms with van der Waals surface area (Å²) in [5, 5.41) is 27.3. The number of hydrogen-bond acceptors (Lipinski definition) is 4. The van der Waals surface area contributed by atoms with Crippen LogP contribution in [0.1, 0.15) is 28.4 Å². The molecule has 0 spiro atoms. The number of hydrogen-bond donors (Lipinski definition) is 3. The number of aliphatic hydroxyl groups excluding tert-OH is 2. The molecule has 0 heterocycles. The molecule has 2 unspecified atom stereocenters. The Labute approximate surface area is 96.1 Å². The number of benzene rings is 1. The van der Waals surface area contributed by atoms with E-state index in [9.17, 15) is 24.2 Å². The number of carboxylic acids is 1. The standard InChI is InChI=1S/C11H11FO5/c12-10-6(5-13)2-1-3-7(10)11(17)8(14)4-9(15)16/h1-3,5,8,11,14,17H,4H2,(H,15,16). The lowest BCUT2D eigenvalue weighted by molar-refractivity contribution is -0.141. The average Bonchev–Trinajstić information content (AvgIpc) is 2.27. The molecule has 0 bridgehead atoms. The first kappa shape index (κ1) is 13.3. The predicted molar refractivity (Wildman–Crippen MR) is 55.0 cm³/mol. The van der Waals surface area contributed by atoms with Crippen molar-refractivity contribution in [3.8, 4) is 0 Å². The number of carbonyl (C=O) groups excluding carboxylic acids is 1. The molecule has 1 aromatic carbocycles. The molecule has 1 rings (SSSR count). The molecular formula is C11H11FO5. The van der Waals surface area contributed by atoms with E-state index in [1.807, 2.05) is 0 Å². The topological polar surface area (TPSA) is 94.8 Å². The predicted octanol–water partition coefficient (Wildman–Crippen LogP) is 0.507. The number of carbonyl (C=O) groups is 2. The molecule has 1 aromatic rings. The highest BCUT2D eigenvalue weighted by molar-refractivity contribution is 5.75. The van der Waals surface area contributed by atoms with E-state index in [-0.39, 0.29) is 17.4 Å². The minimum Gasteiger partial charge on any atom is -0.481 e. The van der Waals surface area contributed by atoms with Gasteiger partial charge in [-0.1, -0.05) is 12.1 Å². The highest BCUT2D eigenvalue weighted by atomic mass is 19.1. The highest BCUT2D eigenvalue weighted by Crippen LogP contribution is 2.23. The van der Waals surface area contributed by atoms with Gasteiger partial charge < -0.3 is 15.3 Å². The Hall–Kier alpha value is -1.79. The molecule has 0 saturated heterocycles. The fraction of sp³-hybridized carbons (Fsp3) is 0.273. The molecule has 3 N–H and O–H groups in total. The van der Waals surface area contributed by atoms with Gasteiger partial charge in [-0.3, -0.25) is 9.59 Å². The molecule has 0 amide bonds. The van der Waals surface area contributed by atoms with Gasteiger partial charge in [0, 0.05) is 5.56 Å². The quantitative estimate of drug-likeness (QED) is 0.654. The van der Waals surface area contributed by atoms with Crippen molar-refractivity contribution in [1.29, 1.82) is 0 Å². The maximum atomic E-state index is 13.6. The highest BCUT2D eigenvalue weighted by Gasteiger charge is 2.24. The van der Waals surface area contributed by atoms with Gasteiger partial charge in [0.2, 0.25) is 0 Å². The molecule has 5 nitrogen and oxygen atoms in total. The van der Waals surface area contributed by atoms with Crippen molar-refractivity contribution in [2.45, 2.75) is 18.6 Å². The monoisotopic (exact) mass is 242 g/mol. The van der Waals surface area contributed by atoms with Gasteiger partial charge in [-0.05, 0) is 6.07 Å². The normalized spacial score (nSPS) is 14.1. The van der Waals surface area contributed by atoms with E-state index in [0.29, 0.717) is 0 Å². The summed E-state index contributed by atoms with van der Waals surface area (Å²) in [6.45, 7) is 0. The zero-order valence-electron chi connectivity index (χ0n) is 8.71. The molecule has 0 fully saturated rings. The summed E-state index contributed by atoms with van der Waals surface area (Å²) in [6.07, 6.45) is -3.77. The van der Waals surface area contributed by atoms with Crippen molar-refractivity contribution >= 4 is 12.3 Å². The summed E-state index contributed by atoms with van der Waals surface area (Å²) in [4.78, 5) is 20.8. The van der Waals surface area contributed by atoms with Gasteiger partial charge in [-0.25, -0.2) is 4.39 Å². The van der Waals surface area contributed by atoms with Crippen molar-refractivity contribution < 1.29 is 29.3 Å². The molecule has 0 radical (unpaired) electrons. The number of halogens is 1. The Morgan fingerprint density at radius 2 is 2.06 bits per heavy atom. The van der Waals surface area contributed by atoms with Crippen LogP contribution in [0.25, 0.3) is 0 Å². The van der Waals surface area contributed by atoms with Crippen LogP contribution in [0, 0.1) is 5.82 Å². The van der Waals surface area contributed by atoms with E-state index < -0.39 is 30.4 Å². The van der Waals surface area contributed by atoms with Gasteiger partial charge >= 0.3 is 5.97 Å². The second-order valence-corrected chi connectivity index (χ2v) is 3.48. The molecule has 17 heavy (non-hydrogen) atoms. The summed E-state index contributed by atoms with van der Waals surface area (Å²) >= 11 is 0. The Bertz CT molecular complexity index is 432. The van der Waals surface area contributed by atoms with Gasteiger partial charge in [0.15, 0.2) is 6.29 Å². The average molecular weight is 242 g/mol. The van der Waals surface area contributed by atoms with Crippen LogP contribution >= 0.6 is 0 Å². The van der Waals surface area contributed by atoms with Crippen LogP contribution in [0.3, 0.4) is 0 Å². The van der Waals surface area contributed by atoms with E-state index >= 15 is 0 Å². The second-order valence-electron chi connectivity index (χ2n) is 3.48. The molecule has 92 valence electrons. The van der Waals surface area contributed by atoms with Gasteiger partial charge in [-0.2, -0.15) is 0 Å². The fourth-order valence-electron chi connectivity index (χ4n) is 1.39. The van der Waals surface area contributed by atoms with Crippen LogP contribution in [0.2, 0.25) is 0 Å². The first-order chi connectivity index (χ1) is 7.97. The molecule has 0 aliphatic carbocycles. The molecule has 0 aromatic heterocycles. The minimum atomic E-state index is -1.69.